The minimum absolute atomic E-state index is 0.108. The van der Waals surface area contributed by atoms with Crippen LogP contribution >= 0.6 is 0 Å². The molecule has 160 valence electrons. The predicted molar refractivity (Wildman–Crippen MR) is 99.4 cm³/mol. The van der Waals surface area contributed by atoms with Crippen LogP contribution in [0.2, 0.25) is 0 Å². The minimum atomic E-state index is -1.74. The summed E-state index contributed by atoms with van der Waals surface area (Å²) in [6, 6.07) is 4.66. The second-order valence-corrected chi connectivity index (χ2v) is 6.84. The molecular formula is C19H18O11. The fourth-order valence-electron chi connectivity index (χ4n) is 3.36. The van der Waals surface area contributed by atoms with Gasteiger partial charge >= 0.3 is 0 Å². The Hall–Kier alpha value is -3.09. The second-order valence-electron chi connectivity index (χ2n) is 6.84. The summed E-state index contributed by atoms with van der Waals surface area (Å²) in [7, 11) is 0. The number of rotatable bonds is 3. The average molecular weight is 422 g/mol. The highest BCUT2D eigenvalue weighted by molar-refractivity contribution is 5.98. The summed E-state index contributed by atoms with van der Waals surface area (Å²) >= 11 is 0. The molecule has 1 aliphatic heterocycles. The fraction of sp³-hybridized carbons (Fsp3) is 0.316. The highest BCUT2D eigenvalue weighted by Crippen LogP contribution is 2.38. The number of benzene rings is 2. The van der Waals surface area contributed by atoms with Crippen molar-refractivity contribution in [1.29, 1.82) is 0 Å². The van der Waals surface area contributed by atoms with Crippen LogP contribution in [0.25, 0.3) is 21.9 Å². The molecule has 0 unspecified atom stereocenters. The maximum atomic E-state index is 13.0. The Morgan fingerprint density at radius 1 is 0.900 bits per heavy atom. The molecule has 2 heterocycles. The van der Waals surface area contributed by atoms with Gasteiger partial charge in [-0.15, -0.1) is 0 Å². The van der Waals surface area contributed by atoms with Crippen molar-refractivity contribution >= 4 is 21.9 Å². The smallest absolute Gasteiger partial charge is 0.229 e. The molecule has 0 amide bonds. The Morgan fingerprint density at radius 2 is 1.60 bits per heavy atom. The van der Waals surface area contributed by atoms with Gasteiger partial charge in [0.05, 0.1) is 6.61 Å². The third-order valence-corrected chi connectivity index (χ3v) is 4.97. The number of phenolic OH excluding ortho intramolecular Hbond substituents is 3. The molecule has 30 heavy (non-hydrogen) atoms. The average Bonchev–Trinajstić information content (AvgIpc) is 2.73. The monoisotopic (exact) mass is 422 g/mol. The van der Waals surface area contributed by atoms with E-state index >= 15 is 0 Å². The number of hydrogen-bond acceptors (Lipinski definition) is 11. The van der Waals surface area contributed by atoms with E-state index < -0.39 is 60.0 Å². The minimum Gasteiger partial charge on any atom is -0.504 e. The van der Waals surface area contributed by atoms with Crippen LogP contribution in [0, 0.1) is 0 Å². The quantitative estimate of drug-likeness (QED) is 0.207. The number of aliphatic hydroxyl groups excluding tert-OH is 4. The van der Waals surface area contributed by atoms with Crippen molar-refractivity contribution in [3.8, 4) is 23.0 Å². The van der Waals surface area contributed by atoms with Crippen molar-refractivity contribution in [3.05, 3.63) is 34.5 Å². The van der Waals surface area contributed by atoms with E-state index in [1.54, 1.807) is 0 Å². The summed E-state index contributed by atoms with van der Waals surface area (Å²) in [6.45, 7) is -0.680. The number of aliphatic hydroxyl groups is 4. The number of aromatic hydroxyl groups is 3. The van der Waals surface area contributed by atoms with Crippen LogP contribution in [0.1, 0.15) is 0 Å². The van der Waals surface area contributed by atoms with Crippen molar-refractivity contribution in [3.63, 3.8) is 0 Å². The van der Waals surface area contributed by atoms with Crippen LogP contribution in [-0.4, -0.2) is 73.1 Å². The lowest BCUT2D eigenvalue weighted by atomic mass is 9.99. The molecular weight excluding hydrogens is 404 g/mol. The van der Waals surface area contributed by atoms with Gasteiger partial charge in [0.1, 0.15) is 46.5 Å². The molecule has 4 rings (SSSR count). The van der Waals surface area contributed by atoms with E-state index in [1.165, 1.54) is 12.1 Å². The highest BCUT2D eigenvalue weighted by Gasteiger charge is 2.45. The normalized spacial score (nSPS) is 26.9. The van der Waals surface area contributed by atoms with Gasteiger partial charge in [-0.05, 0) is 24.3 Å². The first-order valence-corrected chi connectivity index (χ1v) is 8.85. The zero-order chi connectivity index (χ0) is 21.7. The Labute approximate surface area is 167 Å². The molecule has 7 N–H and O–H groups in total. The van der Waals surface area contributed by atoms with Crippen LogP contribution in [0.4, 0.5) is 0 Å². The van der Waals surface area contributed by atoms with E-state index in [2.05, 4.69) is 0 Å². The third kappa shape index (κ3) is 3.00. The van der Waals surface area contributed by atoms with Crippen molar-refractivity contribution in [2.75, 3.05) is 6.61 Å². The van der Waals surface area contributed by atoms with Gasteiger partial charge < -0.3 is 49.6 Å². The first-order valence-electron chi connectivity index (χ1n) is 8.85. The molecule has 2 aromatic carbocycles. The van der Waals surface area contributed by atoms with Gasteiger partial charge in [-0.1, -0.05) is 0 Å². The van der Waals surface area contributed by atoms with Gasteiger partial charge in [0.15, 0.2) is 22.8 Å². The summed E-state index contributed by atoms with van der Waals surface area (Å²) < 4.78 is 16.3. The summed E-state index contributed by atoms with van der Waals surface area (Å²) in [5.41, 5.74) is -1.25. The van der Waals surface area contributed by atoms with Crippen molar-refractivity contribution in [1.82, 2.24) is 0 Å². The number of phenols is 3. The first-order chi connectivity index (χ1) is 14.2. The Kier molecular flexibility index (Phi) is 4.92. The van der Waals surface area contributed by atoms with Crippen LogP contribution in [0.5, 0.6) is 23.0 Å². The maximum absolute atomic E-state index is 13.0. The lowest BCUT2D eigenvalue weighted by Gasteiger charge is -2.39. The van der Waals surface area contributed by atoms with Gasteiger partial charge in [-0.25, -0.2) is 0 Å². The molecule has 1 fully saturated rings. The van der Waals surface area contributed by atoms with Crippen molar-refractivity contribution < 1.29 is 49.6 Å². The van der Waals surface area contributed by atoms with Crippen molar-refractivity contribution in [2.45, 2.75) is 30.7 Å². The molecule has 1 aromatic heterocycles. The highest BCUT2D eigenvalue weighted by atomic mass is 16.7. The topological polar surface area (TPSA) is 190 Å². The van der Waals surface area contributed by atoms with E-state index in [-0.39, 0.29) is 27.7 Å². The van der Waals surface area contributed by atoms with Gasteiger partial charge in [0.25, 0.3) is 0 Å². The van der Waals surface area contributed by atoms with E-state index in [4.69, 9.17) is 13.9 Å². The molecule has 0 aliphatic carbocycles. The van der Waals surface area contributed by atoms with E-state index in [1.807, 2.05) is 0 Å². The van der Waals surface area contributed by atoms with Crippen LogP contribution < -0.4 is 10.2 Å². The molecule has 11 heteroatoms. The first kappa shape index (κ1) is 20.2. The number of fused-ring (bicyclic) bond motifs is 2. The molecule has 11 nitrogen and oxygen atoms in total. The summed E-state index contributed by atoms with van der Waals surface area (Å²) in [4.78, 5) is 13.0. The fourth-order valence-corrected chi connectivity index (χ4v) is 3.36. The lowest BCUT2D eigenvalue weighted by molar-refractivity contribution is -0.277. The van der Waals surface area contributed by atoms with Crippen molar-refractivity contribution in [2.24, 2.45) is 0 Å². The lowest BCUT2D eigenvalue weighted by Crippen LogP contribution is -2.60. The largest absolute Gasteiger partial charge is 0.504 e. The van der Waals surface area contributed by atoms with E-state index in [0.717, 1.165) is 12.1 Å². The number of hydrogen-bond donors (Lipinski definition) is 7. The molecule has 5 atom stereocenters. The molecule has 3 aromatic rings. The Balaban J connectivity index is 1.87. The molecule has 1 aliphatic rings. The standard InChI is InChI=1S/C19H18O11/c20-5-10-14(24)16(26)17(27)19(30-10)29-9-4-2-7(22)18-12(9)15(25)11-8(28-18)3-1-6(21)13(11)23/h1-4,10,14,16-17,19-24,26-27H,5H2/t10-,14+,16+,17-,19-/m1/s1. The van der Waals surface area contributed by atoms with E-state index in [0.29, 0.717) is 0 Å². The Bertz CT molecular complexity index is 1170. The summed E-state index contributed by atoms with van der Waals surface area (Å²) in [5, 5.41) is 68.5. The molecule has 0 spiro atoms. The van der Waals surface area contributed by atoms with Gasteiger partial charge in [-0.2, -0.15) is 0 Å². The SMILES string of the molecule is O=c1c2c(O)c(O)ccc2oc2c(O)ccc(O[C@@H]3O[C@H](CO)[C@H](O)[C@H](O)[C@H]3O)c12. The maximum Gasteiger partial charge on any atom is 0.229 e. The van der Waals surface area contributed by atoms with Gasteiger partial charge in [0.2, 0.25) is 11.7 Å². The zero-order valence-corrected chi connectivity index (χ0v) is 15.2. The molecule has 0 bridgehead atoms. The predicted octanol–water partition coefficient (Wildman–Crippen LogP) is -0.758. The van der Waals surface area contributed by atoms with Crippen LogP contribution in [0.15, 0.2) is 33.5 Å². The molecule has 0 saturated carbocycles. The summed E-state index contributed by atoms with van der Waals surface area (Å²) in [6.07, 6.45) is -7.88. The number of ether oxygens (including phenoxy) is 2. The van der Waals surface area contributed by atoms with E-state index in [9.17, 15) is 40.5 Å². The molecule has 0 radical (unpaired) electrons. The molecule has 1 saturated heterocycles. The van der Waals surface area contributed by atoms with Gasteiger partial charge in [-0.3, -0.25) is 4.79 Å². The van der Waals surface area contributed by atoms with Crippen LogP contribution in [0.3, 0.4) is 0 Å². The zero-order valence-electron chi connectivity index (χ0n) is 15.2. The van der Waals surface area contributed by atoms with Crippen LogP contribution in [-0.2, 0) is 4.74 Å². The third-order valence-electron chi connectivity index (χ3n) is 4.97. The second kappa shape index (κ2) is 7.31. The van der Waals surface area contributed by atoms with Gasteiger partial charge in [0, 0.05) is 0 Å². The Morgan fingerprint density at radius 3 is 2.30 bits per heavy atom. The summed E-state index contributed by atoms with van der Waals surface area (Å²) in [5.74, 6) is -1.96.